The van der Waals surface area contributed by atoms with Gasteiger partial charge in [-0.25, -0.2) is 0 Å². The van der Waals surface area contributed by atoms with Gasteiger partial charge >= 0.3 is 0 Å². The van der Waals surface area contributed by atoms with Crippen LogP contribution in [0.5, 0.6) is 0 Å². The van der Waals surface area contributed by atoms with Crippen LogP contribution >= 0.6 is 0 Å². The summed E-state index contributed by atoms with van der Waals surface area (Å²) in [6.07, 6.45) is 8.17. The Labute approximate surface area is 119 Å². The number of piperidine rings is 1. The van der Waals surface area contributed by atoms with E-state index in [1.54, 1.807) is 12.1 Å². The van der Waals surface area contributed by atoms with Crippen molar-refractivity contribution < 1.29 is 4.92 Å². The second-order valence-corrected chi connectivity index (χ2v) is 6.15. The van der Waals surface area contributed by atoms with Crippen LogP contribution in [0.25, 0.3) is 0 Å². The molecule has 1 aliphatic heterocycles. The Morgan fingerprint density at radius 3 is 2.55 bits per heavy atom. The predicted molar refractivity (Wildman–Crippen MR) is 78.5 cm³/mol. The number of hydrogen-bond acceptors (Lipinski definition) is 3. The lowest BCUT2D eigenvalue weighted by Gasteiger charge is -2.44. The smallest absolute Gasteiger partial charge is 0.269 e. The van der Waals surface area contributed by atoms with Crippen molar-refractivity contribution in [3.8, 4) is 0 Å². The minimum atomic E-state index is -0.332. The van der Waals surface area contributed by atoms with Crippen LogP contribution in [-0.2, 0) is 6.54 Å². The monoisotopic (exact) mass is 274 g/mol. The first-order valence-corrected chi connectivity index (χ1v) is 7.71. The van der Waals surface area contributed by atoms with Crippen molar-refractivity contribution in [3.63, 3.8) is 0 Å². The van der Waals surface area contributed by atoms with Crippen molar-refractivity contribution in [1.29, 1.82) is 0 Å². The van der Waals surface area contributed by atoms with Gasteiger partial charge in [0.2, 0.25) is 0 Å². The van der Waals surface area contributed by atoms with E-state index in [0.29, 0.717) is 0 Å². The third-order valence-corrected chi connectivity index (χ3v) is 4.89. The molecular formula is C16H22N2O2. The van der Waals surface area contributed by atoms with Crippen LogP contribution in [-0.4, -0.2) is 22.4 Å². The Kier molecular flexibility index (Phi) is 4.01. The lowest BCUT2D eigenvalue weighted by Crippen LogP contribution is -2.46. The van der Waals surface area contributed by atoms with E-state index in [-0.39, 0.29) is 10.6 Å². The zero-order chi connectivity index (χ0) is 13.9. The highest BCUT2D eigenvalue weighted by atomic mass is 16.6. The fourth-order valence-electron chi connectivity index (χ4n) is 3.88. The van der Waals surface area contributed by atoms with E-state index < -0.39 is 0 Å². The summed E-state index contributed by atoms with van der Waals surface area (Å²) in [7, 11) is 0. The van der Waals surface area contributed by atoms with Crippen molar-refractivity contribution in [2.24, 2.45) is 5.92 Å². The molecule has 4 heteroatoms. The second kappa shape index (κ2) is 5.92. The van der Waals surface area contributed by atoms with E-state index in [0.717, 1.165) is 18.5 Å². The second-order valence-electron chi connectivity index (χ2n) is 6.15. The van der Waals surface area contributed by atoms with Crippen molar-refractivity contribution in [3.05, 3.63) is 39.9 Å². The fraction of sp³-hybridized carbons (Fsp3) is 0.625. The normalized spacial score (nSPS) is 27.0. The van der Waals surface area contributed by atoms with E-state index in [4.69, 9.17) is 0 Å². The molecule has 20 heavy (non-hydrogen) atoms. The van der Waals surface area contributed by atoms with Crippen LogP contribution in [0, 0.1) is 16.0 Å². The van der Waals surface area contributed by atoms with Gasteiger partial charge in [-0.05, 0) is 43.7 Å². The van der Waals surface area contributed by atoms with Gasteiger partial charge in [0.1, 0.15) is 0 Å². The number of hydrogen-bond donors (Lipinski definition) is 0. The third-order valence-electron chi connectivity index (χ3n) is 4.89. The van der Waals surface area contributed by atoms with Crippen molar-refractivity contribution in [2.75, 3.05) is 6.54 Å². The van der Waals surface area contributed by atoms with Crippen molar-refractivity contribution in [1.82, 2.24) is 4.90 Å². The number of rotatable bonds is 3. The average molecular weight is 274 g/mol. The van der Waals surface area contributed by atoms with Gasteiger partial charge in [0.25, 0.3) is 5.69 Å². The highest BCUT2D eigenvalue weighted by Gasteiger charge is 2.32. The molecule has 1 heterocycles. The summed E-state index contributed by atoms with van der Waals surface area (Å²) in [6, 6.07) is 7.80. The number of nitro groups is 1. The SMILES string of the molecule is O=[N+]([O-])c1ccc(CN2CCCC3CCCCC32)cc1. The van der Waals surface area contributed by atoms with Crippen LogP contribution in [0.2, 0.25) is 0 Å². The van der Waals surface area contributed by atoms with Gasteiger partial charge in [-0.1, -0.05) is 25.0 Å². The molecule has 2 atom stereocenters. The lowest BCUT2D eigenvalue weighted by atomic mass is 9.78. The van der Waals surface area contributed by atoms with Crippen molar-refractivity contribution in [2.45, 2.75) is 51.1 Å². The lowest BCUT2D eigenvalue weighted by molar-refractivity contribution is -0.384. The van der Waals surface area contributed by atoms with Crippen LogP contribution in [0.4, 0.5) is 5.69 Å². The van der Waals surface area contributed by atoms with Gasteiger partial charge in [0.15, 0.2) is 0 Å². The first-order valence-electron chi connectivity index (χ1n) is 7.71. The summed E-state index contributed by atoms with van der Waals surface area (Å²) in [5.41, 5.74) is 1.38. The van der Waals surface area contributed by atoms with E-state index >= 15 is 0 Å². The summed E-state index contributed by atoms with van der Waals surface area (Å²) in [4.78, 5) is 13.0. The molecule has 1 aliphatic carbocycles. The minimum Gasteiger partial charge on any atom is -0.296 e. The van der Waals surface area contributed by atoms with Gasteiger partial charge in [0.05, 0.1) is 4.92 Å². The Morgan fingerprint density at radius 1 is 1.10 bits per heavy atom. The molecular weight excluding hydrogens is 252 g/mol. The number of benzene rings is 1. The maximum absolute atomic E-state index is 10.7. The van der Waals surface area contributed by atoms with Gasteiger partial charge < -0.3 is 0 Å². The molecule has 1 aromatic rings. The highest BCUT2D eigenvalue weighted by molar-refractivity contribution is 5.32. The molecule has 3 rings (SSSR count). The fourth-order valence-corrected chi connectivity index (χ4v) is 3.88. The number of nitro benzene ring substituents is 1. The molecule has 0 bridgehead atoms. The van der Waals surface area contributed by atoms with Crippen LogP contribution in [0.3, 0.4) is 0 Å². The summed E-state index contributed by atoms with van der Waals surface area (Å²) in [6.45, 7) is 2.12. The Morgan fingerprint density at radius 2 is 1.80 bits per heavy atom. The molecule has 4 nitrogen and oxygen atoms in total. The predicted octanol–water partition coefficient (Wildman–Crippen LogP) is 3.75. The number of fused-ring (bicyclic) bond motifs is 1. The van der Waals surface area contributed by atoms with Gasteiger partial charge in [-0.3, -0.25) is 15.0 Å². The first kappa shape index (κ1) is 13.6. The summed E-state index contributed by atoms with van der Waals surface area (Å²) >= 11 is 0. The molecule has 0 amide bonds. The molecule has 108 valence electrons. The number of nitrogens with zero attached hydrogens (tertiary/aromatic N) is 2. The first-order chi connectivity index (χ1) is 9.74. The molecule has 0 spiro atoms. The Hall–Kier alpha value is -1.42. The quantitative estimate of drug-likeness (QED) is 0.623. The molecule has 2 fully saturated rings. The third kappa shape index (κ3) is 2.85. The summed E-state index contributed by atoms with van der Waals surface area (Å²) in [5, 5.41) is 10.7. The summed E-state index contributed by atoms with van der Waals surface area (Å²) < 4.78 is 0. The zero-order valence-corrected chi connectivity index (χ0v) is 11.8. The van der Waals surface area contributed by atoms with E-state index in [1.807, 2.05) is 12.1 Å². The highest BCUT2D eigenvalue weighted by Crippen LogP contribution is 2.35. The van der Waals surface area contributed by atoms with E-state index in [2.05, 4.69) is 4.90 Å². The molecule has 1 saturated heterocycles. The maximum Gasteiger partial charge on any atom is 0.269 e. The Balaban J connectivity index is 1.68. The Bertz CT molecular complexity index is 470. The van der Waals surface area contributed by atoms with Gasteiger partial charge in [-0.15, -0.1) is 0 Å². The average Bonchev–Trinajstić information content (AvgIpc) is 2.48. The molecule has 1 saturated carbocycles. The molecule has 1 aromatic carbocycles. The summed E-state index contributed by atoms with van der Waals surface area (Å²) in [5.74, 6) is 0.885. The molecule has 0 radical (unpaired) electrons. The van der Waals surface area contributed by atoms with Crippen LogP contribution in [0.15, 0.2) is 24.3 Å². The number of likely N-dealkylation sites (tertiary alicyclic amines) is 1. The van der Waals surface area contributed by atoms with Gasteiger partial charge in [0, 0.05) is 24.7 Å². The molecule has 2 unspecified atom stereocenters. The molecule has 2 aliphatic rings. The van der Waals surface area contributed by atoms with Crippen LogP contribution < -0.4 is 0 Å². The largest absolute Gasteiger partial charge is 0.296 e. The van der Waals surface area contributed by atoms with Gasteiger partial charge in [-0.2, -0.15) is 0 Å². The van der Waals surface area contributed by atoms with E-state index in [9.17, 15) is 10.1 Å². The van der Waals surface area contributed by atoms with Crippen LogP contribution in [0.1, 0.15) is 44.1 Å². The molecule has 0 N–H and O–H groups in total. The molecule has 0 aromatic heterocycles. The number of non-ortho nitro benzene ring substituents is 1. The van der Waals surface area contributed by atoms with E-state index in [1.165, 1.54) is 50.6 Å². The van der Waals surface area contributed by atoms with Crippen molar-refractivity contribution >= 4 is 5.69 Å². The maximum atomic E-state index is 10.7. The zero-order valence-electron chi connectivity index (χ0n) is 11.8. The minimum absolute atomic E-state index is 0.183. The topological polar surface area (TPSA) is 46.4 Å². The standard InChI is InChI=1S/C16H22N2O2/c19-18(20)15-9-7-13(8-10-15)12-17-11-3-5-14-4-1-2-6-16(14)17/h7-10,14,16H,1-6,11-12H2.